The van der Waals surface area contributed by atoms with Crippen molar-refractivity contribution >= 4 is 16.8 Å². The summed E-state index contributed by atoms with van der Waals surface area (Å²) in [6.07, 6.45) is 0.612. The van der Waals surface area contributed by atoms with Crippen molar-refractivity contribution in [3.8, 4) is 17.2 Å². The summed E-state index contributed by atoms with van der Waals surface area (Å²) in [6.45, 7) is 0.468. The molecule has 1 heterocycles. The first-order valence-corrected chi connectivity index (χ1v) is 8.31. The van der Waals surface area contributed by atoms with E-state index in [0.29, 0.717) is 24.4 Å². The summed E-state index contributed by atoms with van der Waals surface area (Å²) in [6, 6.07) is 12.8. The molecule has 0 radical (unpaired) electrons. The maximum Gasteiger partial charge on any atom is 0.267 e. The molecule has 0 unspecified atom stereocenters. The topological polar surface area (TPSA) is 72.7 Å². The third kappa shape index (κ3) is 3.44. The normalized spacial score (nSPS) is 10.7. The molecule has 2 aromatic carbocycles. The third-order valence-electron chi connectivity index (χ3n) is 4.43. The predicted molar refractivity (Wildman–Crippen MR) is 100 cm³/mol. The fourth-order valence-corrected chi connectivity index (χ4v) is 2.96. The Hall–Kier alpha value is -3.15. The Labute approximate surface area is 152 Å². The van der Waals surface area contributed by atoms with E-state index in [1.807, 2.05) is 41.9 Å². The van der Waals surface area contributed by atoms with Crippen molar-refractivity contribution in [2.45, 2.75) is 6.42 Å². The molecule has 0 saturated heterocycles. The van der Waals surface area contributed by atoms with Crippen molar-refractivity contribution in [3.05, 3.63) is 53.7 Å². The summed E-state index contributed by atoms with van der Waals surface area (Å²) in [5, 5.41) is 13.7. The number of aryl methyl sites for hydroxylation is 1. The highest BCUT2D eigenvalue weighted by molar-refractivity contribution is 5.99. The summed E-state index contributed by atoms with van der Waals surface area (Å²) in [5.74, 6) is 1.15. The Morgan fingerprint density at radius 2 is 1.92 bits per heavy atom. The van der Waals surface area contributed by atoms with Gasteiger partial charge in [-0.05, 0) is 42.3 Å². The molecule has 6 heteroatoms. The molecule has 1 aromatic heterocycles. The van der Waals surface area contributed by atoms with Crippen LogP contribution < -0.4 is 14.8 Å². The van der Waals surface area contributed by atoms with Crippen molar-refractivity contribution in [2.75, 3.05) is 20.8 Å². The molecule has 0 spiro atoms. The van der Waals surface area contributed by atoms with Gasteiger partial charge in [-0.15, -0.1) is 0 Å². The Morgan fingerprint density at radius 3 is 2.62 bits per heavy atom. The zero-order valence-corrected chi connectivity index (χ0v) is 15.1. The van der Waals surface area contributed by atoms with E-state index < -0.39 is 0 Å². The van der Waals surface area contributed by atoms with Gasteiger partial charge in [-0.1, -0.05) is 6.07 Å². The second kappa shape index (κ2) is 7.39. The average molecular weight is 354 g/mol. The van der Waals surface area contributed by atoms with Crippen molar-refractivity contribution in [2.24, 2.45) is 7.05 Å². The fourth-order valence-electron chi connectivity index (χ4n) is 2.96. The van der Waals surface area contributed by atoms with E-state index in [2.05, 4.69) is 5.32 Å². The lowest BCUT2D eigenvalue weighted by Gasteiger charge is -2.08. The van der Waals surface area contributed by atoms with Gasteiger partial charge in [0.05, 0.1) is 19.7 Å². The van der Waals surface area contributed by atoms with E-state index in [-0.39, 0.29) is 11.7 Å². The minimum Gasteiger partial charge on any atom is -0.504 e. The number of carbonyl (C=O) groups is 1. The van der Waals surface area contributed by atoms with Crippen LogP contribution in [0.4, 0.5) is 0 Å². The van der Waals surface area contributed by atoms with Gasteiger partial charge in [0.15, 0.2) is 11.5 Å². The van der Waals surface area contributed by atoms with E-state index >= 15 is 0 Å². The average Bonchev–Trinajstić information content (AvgIpc) is 2.98. The number of hydrogen-bond donors (Lipinski definition) is 2. The molecule has 0 aliphatic rings. The minimum absolute atomic E-state index is 0.0963. The molecule has 0 fully saturated rings. The van der Waals surface area contributed by atoms with Crippen LogP contribution in [0.2, 0.25) is 0 Å². The smallest absolute Gasteiger partial charge is 0.267 e. The van der Waals surface area contributed by atoms with Crippen molar-refractivity contribution in [3.63, 3.8) is 0 Å². The van der Waals surface area contributed by atoms with Crippen molar-refractivity contribution < 1.29 is 19.4 Å². The Kier molecular flexibility index (Phi) is 5.02. The number of methoxy groups -OCH3 is 2. The molecule has 0 aliphatic carbocycles. The predicted octanol–water partition coefficient (Wildman–Crippen LogP) is 2.87. The number of phenols is 1. The highest BCUT2D eigenvalue weighted by Gasteiger charge is 2.13. The second-order valence-corrected chi connectivity index (χ2v) is 6.03. The standard InChI is InChI=1S/C20H22N2O4/c1-22-16-12-15(25-2)6-5-14(16)11-17(22)20(24)21-9-8-13-4-7-19(26-3)18(23)10-13/h4-7,10-12,23H,8-9H2,1-3H3,(H,21,24). The number of amides is 1. The number of nitrogens with zero attached hydrogens (tertiary/aromatic N) is 1. The highest BCUT2D eigenvalue weighted by Crippen LogP contribution is 2.26. The zero-order valence-electron chi connectivity index (χ0n) is 15.1. The summed E-state index contributed by atoms with van der Waals surface area (Å²) < 4.78 is 12.1. The summed E-state index contributed by atoms with van der Waals surface area (Å²) >= 11 is 0. The zero-order chi connectivity index (χ0) is 18.7. The molecule has 1 amide bonds. The largest absolute Gasteiger partial charge is 0.504 e. The fraction of sp³-hybridized carbons (Fsp3) is 0.250. The quantitative estimate of drug-likeness (QED) is 0.714. The number of ether oxygens (including phenoxy) is 2. The van der Waals surface area contributed by atoms with E-state index in [0.717, 1.165) is 22.2 Å². The first-order valence-electron chi connectivity index (χ1n) is 8.31. The summed E-state index contributed by atoms with van der Waals surface area (Å²) in [4.78, 5) is 12.5. The second-order valence-electron chi connectivity index (χ2n) is 6.03. The lowest BCUT2D eigenvalue weighted by Crippen LogP contribution is -2.27. The number of aromatic nitrogens is 1. The lowest BCUT2D eigenvalue weighted by molar-refractivity contribution is 0.0946. The van der Waals surface area contributed by atoms with E-state index in [4.69, 9.17) is 9.47 Å². The van der Waals surface area contributed by atoms with Crippen LogP contribution in [-0.2, 0) is 13.5 Å². The molecule has 0 aliphatic heterocycles. The summed E-state index contributed by atoms with van der Waals surface area (Å²) in [5.41, 5.74) is 2.45. The number of fused-ring (bicyclic) bond motifs is 1. The number of benzene rings is 2. The first-order chi connectivity index (χ1) is 12.5. The molecule has 26 heavy (non-hydrogen) atoms. The molecule has 2 N–H and O–H groups in total. The van der Waals surface area contributed by atoms with Crippen LogP contribution in [0.15, 0.2) is 42.5 Å². The first kappa shape index (κ1) is 17.7. The number of phenolic OH excluding ortho intramolecular Hbond substituents is 1. The van der Waals surface area contributed by atoms with Gasteiger partial charge in [-0.25, -0.2) is 0 Å². The van der Waals surface area contributed by atoms with Gasteiger partial charge in [0.25, 0.3) is 5.91 Å². The third-order valence-corrected chi connectivity index (χ3v) is 4.43. The van der Waals surface area contributed by atoms with Crippen LogP contribution in [0.1, 0.15) is 16.1 Å². The van der Waals surface area contributed by atoms with Crippen LogP contribution in [0.25, 0.3) is 10.9 Å². The van der Waals surface area contributed by atoms with Crippen LogP contribution in [0.3, 0.4) is 0 Å². The molecule has 136 valence electrons. The maximum absolute atomic E-state index is 12.5. The number of hydrogen-bond acceptors (Lipinski definition) is 4. The Balaban J connectivity index is 1.67. The van der Waals surface area contributed by atoms with Gasteiger partial charge in [-0.2, -0.15) is 0 Å². The number of rotatable bonds is 6. The van der Waals surface area contributed by atoms with E-state index in [1.54, 1.807) is 19.2 Å². The van der Waals surface area contributed by atoms with Crippen LogP contribution >= 0.6 is 0 Å². The van der Waals surface area contributed by atoms with Gasteiger partial charge in [0, 0.05) is 25.0 Å². The van der Waals surface area contributed by atoms with Gasteiger partial charge < -0.3 is 24.5 Å². The van der Waals surface area contributed by atoms with Gasteiger partial charge in [0.1, 0.15) is 11.4 Å². The molecular weight excluding hydrogens is 332 g/mol. The number of aromatic hydroxyl groups is 1. The Bertz CT molecular complexity index is 946. The SMILES string of the molecule is COc1ccc2cc(C(=O)NCCc3ccc(OC)c(O)c3)n(C)c2c1. The van der Waals surface area contributed by atoms with E-state index in [9.17, 15) is 9.90 Å². The number of nitrogens with one attached hydrogen (secondary N) is 1. The number of carbonyl (C=O) groups excluding carboxylic acids is 1. The van der Waals surface area contributed by atoms with Gasteiger partial charge in [-0.3, -0.25) is 4.79 Å². The van der Waals surface area contributed by atoms with Crippen LogP contribution in [0.5, 0.6) is 17.2 Å². The maximum atomic E-state index is 12.5. The Morgan fingerprint density at radius 1 is 1.12 bits per heavy atom. The van der Waals surface area contributed by atoms with Crippen molar-refractivity contribution in [1.82, 2.24) is 9.88 Å². The van der Waals surface area contributed by atoms with E-state index in [1.165, 1.54) is 7.11 Å². The summed E-state index contributed by atoms with van der Waals surface area (Å²) in [7, 11) is 4.99. The molecule has 0 saturated carbocycles. The molecule has 6 nitrogen and oxygen atoms in total. The monoisotopic (exact) mass is 354 g/mol. The molecular formula is C20H22N2O4. The molecule has 0 bridgehead atoms. The molecule has 0 atom stereocenters. The minimum atomic E-state index is -0.139. The van der Waals surface area contributed by atoms with Crippen LogP contribution in [-0.4, -0.2) is 36.3 Å². The van der Waals surface area contributed by atoms with Gasteiger partial charge >= 0.3 is 0 Å². The molecule has 3 aromatic rings. The molecule has 3 rings (SSSR count). The van der Waals surface area contributed by atoms with Gasteiger partial charge in [0.2, 0.25) is 0 Å². The van der Waals surface area contributed by atoms with Crippen LogP contribution in [0, 0.1) is 0 Å². The highest BCUT2D eigenvalue weighted by atomic mass is 16.5. The van der Waals surface area contributed by atoms with Crippen molar-refractivity contribution in [1.29, 1.82) is 0 Å². The lowest BCUT2D eigenvalue weighted by atomic mass is 10.1.